The van der Waals surface area contributed by atoms with Gasteiger partial charge in [0.2, 0.25) is 15.8 Å². The lowest BCUT2D eigenvalue weighted by molar-refractivity contribution is -0.133. The Morgan fingerprint density at radius 2 is 1.82 bits per heavy atom. The molecule has 0 saturated carbocycles. The Kier molecular flexibility index (Phi) is 5.44. The van der Waals surface area contributed by atoms with Gasteiger partial charge in [-0.15, -0.1) is 0 Å². The van der Waals surface area contributed by atoms with Gasteiger partial charge in [0.05, 0.1) is 11.8 Å². The maximum atomic E-state index is 13.0. The van der Waals surface area contributed by atoms with Crippen molar-refractivity contribution < 1.29 is 22.7 Å². The molecule has 0 spiro atoms. The minimum absolute atomic E-state index is 0.114. The topological polar surface area (TPSA) is 105 Å². The van der Waals surface area contributed by atoms with E-state index in [4.69, 9.17) is 16.3 Å². The molecule has 0 fully saturated rings. The Morgan fingerprint density at radius 3 is 2.43 bits per heavy atom. The number of fused-ring (bicyclic) bond motifs is 1. The fourth-order valence-corrected chi connectivity index (χ4v) is 3.38. The van der Waals surface area contributed by atoms with Gasteiger partial charge in [-0.3, -0.25) is 14.3 Å². The van der Waals surface area contributed by atoms with E-state index in [-0.39, 0.29) is 17.9 Å². The van der Waals surface area contributed by atoms with Crippen LogP contribution in [0.5, 0.6) is 5.75 Å². The van der Waals surface area contributed by atoms with Gasteiger partial charge in [-0.25, -0.2) is 8.42 Å². The number of halogens is 1. The molecule has 9 heteroatoms. The molecule has 0 atom stereocenters. The smallest absolute Gasteiger partial charge is 0.310 e. The number of carbonyl (C=O) groups is 2. The molecule has 3 aromatic rings. The summed E-state index contributed by atoms with van der Waals surface area (Å²) in [6.07, 6.45) is 1.19. The number of nitrogens with one attached hydrogen (secondary N) is 2. The lowest BCUT2D eigenvalue weighted by Crippen LogP contribution is -2.11. The molecule has 0 amide bonds. The second kappa shape index (κ2) is 7.65. The summed E-state index contributed by atoms with van der Waals surface area (Å²) in [6.45, 7) is 1.66. The van der Waals surface area contributed by atoms with Gasteiger partial charge in [0.1, 0.15) is 5.69 Å². The number of ether oxygens (including phenoxy) is 1. The van der Waals surface area contributed by atoms with E-state index >= 15 is 0 Å². The zero-order valence-corrected chi connectivity index (χ0v) is 16.6. The molecule has 1 aromatic heterocycles. The molecular weight excluding hydrogens is 404 g/mol. The van der Waals surface area contributed by atoms with Crippen LogP contribution in [0.1, 0.15) is 29.4 Å². The third kappa shape index (κ3) is 4.35. The number of aromatic amines is 1. The average Bonchev–Trinajstić information content (AvgIpc) is 2.97. The minimum Gasteiger partial charge on any atom is -0.423 e. The third-order valence-electron chi connectivity index (χ3n) is 3.89. The highest BCUT2D eigenvalue weighted by Gasteiger charge is 2.22. The number of ketones is 1. The number of esters is 1. The number of hydrogen-bond donors (Lipinski definition) is 2. The molecule has 7 nitrogen and oxygen atoms in total. The van der Waals surface area contributed by atoms with Crippen molar-refractivity contribution in [1.29, 1.82) is 0 Å². The number of aromatic nitrogens is 1. The molecule has 146 valence electrons. The highest BCUT2D eigenvalue weighted by molar-refractivity contribution is 7.92. The average molecular weight is 421 g/mol. The summed E-state index contributed by atoms with van der Waals surface area (Å²) in [5.74, 6) is -0.739. The van der Waals surface area contributed by atoms with E-state index in [1.165, 1.54) is 24.3 Å². The van der Waals surface area contributed by atoms with Gasteiger partial charge in [0, 0.05) is 28.1 Å². The summed E-state index contributed by atoms with van der Waals surface area (Å²) in [6, 6.07) is 10.9. The number of hydrogen-bond acceptors (Lipinski definition) is 5. The molecule has 2 N–H and O–H groups in total. The number of carbonyl (C=O) groups excluding carboxylic acids is 2. The van der Waals surface area contributed by atoms with Crippen molar-refractivity contribution >= 4 is 50.0 Å². The van der Waals surface area contributed by atoms with Crippen molar-refractivity contribution in [3.05, 3.63) is 58.7 Å². The number of H-pyrrole nitrogens is 1. The SMILES string of the molecule is CCC(=O)Oc1c(C(=O)c2ccc(NS(C)(=O)=O)cc2)[nH]c2cc(Cl)ccc12. The van der Waals surface area contributed by atoms with E-state index in [1.54, 1.807) is 25.1 Å². The lowest BCUT2D eigenvalue weighted by Gasteiger charge is -2.07. The first-order chi connectivity index (χ1) is 13.2. The fourth-order valence-electron chi connectivity index (χ4n) is 2.64. The molecule has 0 unspecified atom stereocenters. The zero-order valence-electron chi connectivity index (χ0n) is 15.1. The van der Waals surface area contributed by atoms with E-state index in [0.717, 1.165) is 6.26 Å². The van der Waals surface area contributed by atoms with Crippen molar-refractivity contribution in [1.82, 2.24) is 4.98 Å². The van der Waals surface area contributed by atoms with Crippen molar-refractivity contribution in [3.63, 3.8) is 0 Å². The summed E-state index contributed by atoms with van der Waals surface area (Å²) in [4.78, 5) is 27.8. The van der Waals surface area contributed by atoms with E-state index in [9.17, 15) is 18.0 Å². The Morgan fingerprint density at radius 1 is 1.14 bits per heavy atom. The minimum atomic E-state index is -3.42. The Labute approximate surface area is 166 Å². The molecule has 0 bridgehead atoms. The van der Waals surface area contributed by atoms with Crippen LogP contribution < -0.4 is 9.46 Å². The Hall–Kier alpha value is -2.84. The molecule has 2 aromatic carbocycles. The molecule has 0 radical (unpaired) electrons. The van der Waals surface area contributed by atoms with Crippen molar-refractivity contribution in [2.24, 2.45) is 0 Å². The van der Waals surface area contributed by atoms with E-state index in [0.29, 0.717) is 27.2 Å². The summed E-state index contributed by atoms with van der Waals surface area (Å²) in [7, 11) is -3.42. The van der Waals surface area contributed by atoms with Crippen molar-refractivity contribution in [2.75, 3.05) is 11.0 Å². The van der Waals surface area contributed by atoms with Gasteiger partial charge in [0.15, 0.2) is 5.75 Å². The number of benzene rings is 2. The molecule has 28 heavy (non-hydrogen) atoms. The number of rotatable bonds is 6. The third-order valence-corrected chi connectivity index (χ3v) is 4.74. The van der Waals surface area contributed by atoms with Crippen LogP contribution in [0.4, 0.5) is 5.69 Å². The van der Waals surface area contributed by atoms with Crippen LogP contribution >= 0.6 is 11.6 Å². The lowest BCUT2D eigenvalue weighted by atomic mass is 10.1. The van der Waals surface area contributed by atoms with E-state index in [1.807, 2.05) is 0 Å². The molecule has 1 heterocycles. The molecule has 0 aliphatic carbocycles. The Bertz CT molecular complexity index is 1170. The first-order valence-corrected chi connectivity index (χ1v) is 10.6. The highest BCUT2D eigenvalue weighted by Crippen LogP contribution is 2.33. The Balaban J connectivity index is 2.03. The quantitative estimate of drug-likeness (QED) is 0.466. The normalized spacial score (nSPS) is 11.4. The molecule has 0 aliphatic rings. The molecule has 0 aliphatic heterocycles. The predicted octanol–water partition coefficient (Wildman–Crippen LogP) is 3.74. The van der Waals surface area contributed by atoms with E-state index in [2.05, 4.69) is 9.71 Å². The number of anilines is 1. The largest absolute Gasteiger partial charge is 0.423 e. The number of sulfonamides is 1. The highest BCUT2D eigenvalue weighted by atomic mass is 35.5. The summed E-state index contributed by atoms with van der Waals surface area (Å²) >= 11 is 6.01. The first-order valence-electron chi connectivity index (χ1n) is 8.32. The standard InChI is InChI=1S/C19H17ClN2O5S/c1-3-16(23)27-19-14-9-6-12(20)10-15(14)21-17(19)18(24)11-4-7-13(8-5-11)22-28(2,25)26/h4-10,21-22H,3H2,1-2H3. The molecular formula is C19H17ClN2O5S. The van der Waals surface area contributed by atoms with Gasteiger partial charge in [-0.1, -0.05) is 18.5 Å². The zero-order chi connectivity index (χ0) is 20.5. The summed E-state index contributed by atoms with van der Waals surface area (Å²) in [5, 5.41) is 1.03. The van der Waals surface area contributed by atoms with Gasteiger partial charge in [0.25, 0.3) is 0 Å². The maximum Gasteiger partial charge on any atom is 0.310 e. The van der Waals surface area contributed by atoms with Crippen LogP contribution in [-0.2, 0) is 14.8 Å². The van der Waals surface area contributed by atoms with Crippen LogP contribution in [0, 0.1) is 0 Å². The van der Waals surface area contributed by atoms with Crippen LogP contribution in [0.25, 0.3) is 10.9 Å². The van der Waals surface area contributed by atoms with Crippen molar-refractivity contribution in [3.8, 4) is 5.75 Å². The van der Waals surface area contributed by atoms with Crippen LogP contribution in [0.15, 0.2) is 42.5 Å². The summed E-state index contributed by atoms with van der Waals surface area (Å²) in [5.41, 5.74) is 1.30. The van der Waals surface area contributed by atoms with Gasteiger partial charge in [-0.2, -0.15) is 0 Å². The molecule has 3 rings (SSSR count). The van der Waals surface area contributed by atoms with Crippen LogP contribution in [0.2, 0.25) is 5.02 Å². The summed E-state index contributed by atoms with van der Waals surface area (Å²) < 4.78 is 30.3. The van der Waals surface area contributed by atoms with Crippen molar-refractivity contribution in [2.45, 2.75) is 13.3 Å². The monoisotopic (exact) mass is 420 g/mol. The van der Waals surface area contributed by atoms with Gasteiger partial charge < -0.3 is 9.72 Å². The first kappa shape index (κ1) is 19.9. The molecule has 0 saturated heterocycles. The fraction of sp³-hybridized carbons (Fsp3) is 0.158. The van der Waals surface area contributed by atoms with Crippen LogP contribution in [0.3, 0.4) is 0 Å². The van der Waals surface area contributed by atoms with Crippen LogP contribution in [-0.4, -0.2) is 31.4 Å². The van der Waals surface area contributed by atoms with Gasteiger partial charge >= 0.3 is 5.97 Å². The second-order valence-corrected chi connectivity index (χ2v) is 8.31. The van der Waals surface area contributed by atoms with Gasteiger partial charge in [-0.05, 0) is 42.5 Å². The van der Waals surface area contributed by atoms with E-state index < -0.39 is 21.8 Å². The maximum absolute atomic E-state index is 13.0. The predicted molar refractivity (Wildman–Crippen MR) is 108 cm³/mol. The second-order valence-electron chi connectivity index (χ2n) is 6.13.